The van der Waals surface area contributed by atoms with Gasteiger partial charge in [-0.15, -0.1) is 0 Å². The van der Waals surface area contributed by atoms with Crippen LogP contribution in [0.2, 0.25) is 10.0 Å². The molecule has 116 valence electrons. The summed E-state index contributed by atoms with van der Waals surface area (Å²) >= 11 is 12.2. The molecule has 1 atom stereocenters. The van der Waals surface area contributed by atoms with Gasteiger partial charge in [0, 0.05) is 35.7 Å². The van der Waals surface area contributed by atoms with Crippen molar-refractivity contribution >= 4 is 23.2 Å². The summed E-state index contributed by atoms with van der Waals surface area (Å²) in [5.41, 5.74) is 6.77. The minimum absolute atomic E-state index is 0.0768. The van der Waals surface area contributed by atoms with Gasteiger partial charge in [0.05, 0.1) is 10.0 Å². The molecule has 2 aromatic carbocycles. The lowest BCUT2D eigenvalue weighted by Crippen LogP contribution is -2.24. The molecule has 4 N–H and O–H groups in total. The molecule has 1 aliphatic heterocycles. The van der Waals surface area contributed by atoms with E-state index in [0.717, 1.165) is 6.07 Å². The van der Waals surface area contributed by atoms with E-state index in [1.807, 2.05) is 0 Å². The van der Waals surface area contributed by atoms with E-state index in [-0.39, 0.29) is 28.3 Å². The number of rotatable bonds is 2. The maximum Gasteiger partial charge on any atom is 0.177 e. The summed E-state index contributed by atoms with van der Waals surface area (Å²) in [5.74, 6) is -1.01. The second-order valence-corrected chi connectivity index (χ2v) is 5.82. The highest BCUT2D eigenvalue weighted by Crippen LogP contribution is 2.49. The Kier molecular flexibility index (Phi) is 3.80. The van der Waals surface area contributed by atoms with Crippen LogP contribution in [0.4, 0.5) is 4.39 Å². The number of aromatic hydroxyl groups is 2. The van der Waals surface area contributed by atoms with Crippen LogP contribution in [0.15, 0.2) is 18.2 Å². The average molecular weight is 344 g/mol. The van der Waals surface area contributed by atoms with Crippen molar-refractivity contribution in [3.63, 3.8) is 0 Å². The minimum Gasteiger partial charge on any atom is -0.504 e. The lowest BCUT2D eigenvalue weighted by Gasteiger charge is -2.15. The molecule has 0 saturated heterocycles. The number of phenolic OH excluding ortho intramolecular Hbond substituents is 2. The Hall–Kier alpha value is -1.69. The number of nitrogens with two attached hydrogens (primary N) is 1. The third kappa shape index (κ3) is 2.35. The first-order valence-corrected chi connectivity index (χ1v) is 7.27. The normalized spacial score (nSPS) is 16.5. The molecular formula is C15H12Cl2FNO3. The number of halogens is 3. The van der Waals surface area contributed by atoms with Gasteiger partial charge in [0.25, 0.3) is 0 Å². The topological polar surface area (TPSA) is 75.7 Å². The summed E-state index contributed by atoms with van der Waals surface area (Å²) < 4.78 is 19.6. The van der Waals surface area contributed by atoms with Crippen LogP contribution in [-0.4, -0.2) is 22.9 Å². The molecule has 0 radical (unpaired) electrons. The van der Waals surface area contributed by atoms with Gasteiger partial charge < -0.3 is 20.7 Å². The fraction of sp³-hybridized carbons (Fsp3) is 0.200. The molecule has 0 fully saturated rings. The van der Waals surface area contributed by atoms with Gasteiger partial charge in [0.15, 0.2) is 11.5 Å². The van der Waals surface area contributed by atoms with Gasteiger partial charge >= 0.3 is 0 Å². The Balaban J connectivity index is 2.26. The third-order valence-corrected chi connectivity index (χ3v) is 4.23. The fourth-order valence-electron chi connectivity index (χ4n) is 2.55. The molecule has 3 rings (SSSR count). The van der Waals surface area contributed by atoms with E-state index in [1.165, 1.54) is 12.1 Å². The molecule has 0 amide bonds. The molecule has 0 bridgehead atoms. The second kappa shape index (κ2) is 5.50. The summed E-state index contributed by atoms with van der Waals surface area (Å²) in [6.07, 6.45) is 0.231. The molecule has 0 aliphatic carbocycles. The Morgan fingerprint density at radius 2 is 2.00 bits per heavy atom. The zero-order valence-corrected chi connectivity index (χ0v) is 12.7. The summed E-state index contributed by atoms with van der Waals surface area (Å²) in [6.45, 7) is 0.290. The number of fused-ring (bicyclic) bond motifs is 1. The van der Waals surface area contributed by atoms with Gasteiger partial charge in [-0.3, -0.25) is 0 Å². The Labute approximate surface area is 135 Å². The first-order chi connectivity index (χ1) is 10.4. The molecule has 7 heteroatoms. The lowest BCUT2D eigenvalue weighted by molar-refractivity contribution is 0.242. The number of benzene rings is 2. The van der Waals surface area contributed by atoms with E-state index in [1.54, 1.807) is 0 Å². The summed E-state index contributed by atoms with van der Waals surface area (Å²) in [7, 11) is 0. The van der Waals surface area contributed by atoms with Crippen LogP contribution in [-0.2, 0) is 6.42 Å². The maximum absolute atomic E-state index is 13.9. The number of hydrogen-bond acceptors (Lipinski definition) is 4. The van der Waals surface area contributed by atoms with Crippen molar-refractivity contribution in [3.05, 3.63) is 39.6 Å². The number of phenols is 2. The van der Waals surface area contributed by atoms with E-state index in [2.05, 4.69) is 0 Å². The van der Waals surface area contributed by atoms with Crippen molar-refractivity contribution in [1.29, 1.82) is 0 Å². The molecule has 22 heavy (non-hydrogen) atoms. The summed E-state index contributed by atoms with van der Waals surface area (Å²) in [5, 5.41) is 19.2. The summed E-state index contributed by atoms with van der Waals surface area (Å²) in [6, 6.07) is 3.74. The monoisotopic (exact) mass is 343 g/mol. The molecule has 0 saturated carbocycles. The zero-order chi connectivity index (χ0) is 16.0. The maximum atomic E-state index is 13.9. The van der Waals surface area contributed by atoms with Crippen molar-refractivity contribution in [2.75, 3.05) is 6.54 Å². The smallest absolute Gasteiger partial charge is 0.177 e. The predicted molar refractivity (Wildman–Crippen MR) is 82.4 cm³/mol. The van der Waals surface area contributed by atoms with Gasteiger partial charge in [0.1, 0.15) is 17.7 Å². The molecule has 2 aromatic rings. The molecule has 0 spiro atoms. The zero-order valence-electron chi connectivity index (χ0n) is 11.2. The van der Waals surface area contributed by atoms with Crippen molar-refractivity contribution < 1.29 is 19.3 Å². The molecule has 1 unspecified atom stereocenters. The minimum atomic E-state index is -0.521. The second-order valence-electron chi connectivity index (χ2n) is 5.04. The summed E-state index contributed by atoms with van der Waals surface area (Å²) in [4.78, 5) is 0. The van der Waals surface area contributed by atoms with Crippen LogP contribution in [0.25, 0.3) is 11.1 Å². The van der Waals surface area contributed by atoms with Crippen molar-refractivity contribution in [2.45, 2.75) is 12.5 Å². The Morgan fingerprint density at radius 3 is 2.68 bits per heavy atom. The molecule has 0 aromatic heterocycles. The average Bonchev–Trinajstić information content (AvgIpc) is 2.87. The van der Waals surface area contributed by atoms with E-state index in [4.69, 9.17) is 33.7 Å². The molecule has 1 heterocycles. The Morgan fingerprint density at radius 1 is 1.27 bits per heavy atom. The SMILES string of the molecule is NCC1Cc2cc(F)cc(-c3c(Cl)cc(O)c(O)c3Cl)c2O1. The predicted octanol–water partition coefficient (Wildman–Crippen LogP) is 3.47. The van der Waals surface area contributed by atoms with Crippen LogP contribution in [0, 0.1) is 5.82 Å². The van der Waals surface area contributed by atoms with Gasteiger partial charge in [-0.2, -0.15) is 0 Å². The first-order valence-electron chi connectivity index (χ1n) is 6.51. The quantitative estimate of drug-likeness (QED) is 0.729. The van der Waals surface area contributed by atoms with Crippen LogP contribution < -0.4 is 10.5 Å². The van der Waals surface area contributed by atoms with Crippen molar-refractivity contribution in [3.8, 4) is 28.4 Å². The van der Waals surface area contributed by atoms with Gasteiger partial charge in [0.2, 0.25) is 0 Å². The number of hydrogen-bond donors (Lipinski definition) is 3. The van der Waals surface area contributed by atoms with Gasteiger partial charge in [-0.25, -0.2) is 4.39 Å². The van der Waals surface area contributed by atoms with Crippen LogP contribution in [0.3, 0.4) is 0 Å². The van der Waals surface area contributed by atoms with Gasteiger partial charge in [-0.05, 0) is 12.1 Å². The molecule has 1 aliphatic rings. The van der Waals surface area contributed by atoms with Crippen LogP contribution in [0.5, 0.6) is 17.2 Å². The highest BCUT2D eigenvalue weighted by atomic mass is 35.5. The van der Waals surface area contributed by atoms with E-state index in [9.17, 15) is 14.6 Å². The highest BCUT2D eigenvalue weighted by molar-refractivity contribution is 6.40. The lowest BCUT2D eigenvalue weighted by atomic mass is 9.99. The first kappa shape index (κ1) is 15.2. The van der Waals surface area contributed by atoms with Crippen molar-refractivity contribution in [2.24, 2.45) is 5.73 Å². The van der Waals surface area contributed by atoms with E-state index >= 15 is 0 Å². The van der Waals surface area contributed by atoms with E-state index in [0.29, 0.717) is 23.3 Å². The van der Waals surface area contributed by atoms with Crippen LogP contribution in [0.1, 0.15) is 5.56 Å². The standard InChI is InChI=1S/C15H12Cl2FNO3/c16-10-4-11(20)14(21)13(17)12(10)9-3-7(18)1-6-2-8(5-19)22-15(6)9/h1,3-4,8,20-21H,2,5,19H2. The largest absolute Gasteiger partial charge is 0.504 e. The number of ether oxygens (including phenoxy) is 1. The molecule has 4 nitrogen and oxygen atoms in total. The highest BCUT2D eigenvalue weighted by Gasteiger charge is 2.28. The van der Waals surface area contributed by atoms with E-state index < -0.39 is 17.3 Å². The third-order valence-electron chi connectivity index (χ3n) is 3.57. The van der Waals surface area contributed by atoms with Crippen molar-refractivity contribution in [1.82, 2.24) is 0 Å². The Bertz CT molecular complexity index is 767. The van der Waals surface area contributed by atoms with Crippen LogP contribution >= 0.6 is 23.2 Å². The van der Waals surface area contributed by atoms with Gasteiger partial charge in [-0.1, -0.05) is 23.2 Å². The molecular weight excluding hydrogens is 332 g/mol. The fourth-order valence-corrected chi connectivity index (χ4v) is 3.20.